The largest absolute Gasteiger partial charge is 0.497 e. The minimum atomic E-state index is 0.751. The average Bonchev–Trinajstić information content (AvgIpc) is 2.18. The van der Waals surface area contributed by atoms with Crippen molar-refractivity contribution in [1.82, 2.24) is 0 Å². The zero-order valence-electron chi connectivity index (χ0n) is 7.33. The fourth-order valence-corrected chi connectivity index (χ4v) is 1.62. The first-order valence-corrected chi connectivity index (χ1v) is 4.43. The summed E-state index contributed by atoms with van der Waals surface area (Å²) in [5.41, 5.74) is 2.13. The van der Waals surface area contributed by atoms with Gasteiger partial charge in [-0.05, 0) is 18.2 Å². The third-order valence-corrected chi connectivity index (χ3v) is 2.38. The average molecular weight is 196 g/mol. The van der Waals surface area contributed by atoms with E-state index in [-0.39, 0.29) is 0 Å². The molecule has 0 aliphatic carbocycles. The van der Waals surface area contributed by atoms with Crippen molar-refractivity contribution < 1.29 is 4.74 Å². The molecule has 0 amide bonds. The molecule has 1 heterocycles. The number of ether oxygens (including phenoxy) is 1. The second kappa shape index (κ2) is 3.30. The summed E-state index contributed by atoms with van der Waals surface area (Å²) in [5, 5.41) is 0. The molecule has 1 aromatic carbocycles. The van der Waals surface area contributed by atoms with E-state index < -0.39 is 0 Å². The molecule has 0 aromatic heterocycles. The van der Waals surface area contributed by atoms with Gasteiger partial charge in [-0.2, -0.15) is 0 Å². The topological polar surface area (TPSA) is 12.5 Å². The van der Waals surface area contributed by atoms with Gasteiger partial charge in [0, 0.05) is 17.3 Å². The van der Waals surface area contributed by atoms with Gasteiger partial charge >= 0.3 is 0 Å². The smallest absolute Gasteiger partial charge is 0.119 e. The molecule has 3 heteroatoms. The Morgan fingerprint density at radius 3 is 3.08 bits per heavy atom. The molecule has 1 aromatic rings. The van der Waals surface area contributed by atoms with Crippen LogP contribution in [0.2, 0.25) is 0 Å². The number of fused-ring (bicyclic) bond motifs is 1. The van der Waals surface area contributed by atoms with Crippen LogP contribution in [0.3, 0.4) is 0 Å². The van der Waals surface area contributed by atoms with Crippen LogP contribution in [0.15, 0.2) is 24.3 Å². The predicted molar refractivity (Wildman–Crippen MR) is 55.2 cm³/mol. The zero-order chi connectivity index (χ0) is 9.26. The maximum absolute atomic E-state index is 5.98. The Bertz CT molecular complexity index is 349. The Hall–Kier alpha value is -1.15. The van der Waals surface area contributed by atoms with Gasteiger partial charge in [0.1, 0.15) is 5.75 Å². The third-order valence-electron chi connectivity index (χ3n) is 2.06. The lowest BCUT2D eigenvalue weighted by Crippen LogP contribution is -2.13. The fraction of sp³-hybridized carbons (Fsp3) is 0.200. The number of methoxy groups -OCH3 is 1. The first kappa shape index (κ1) is 8.45. The summed E-state index contributed by atoms with van der Waals surface area (Å²) < 4.78 is 6.81. The Balaban J connectivity index is 2.47. The maximum Gasteiger partial charge on any atom is 0.119 e. The number of benzene rings is 1. The van der Waals surface area contributed by atoms with E-state index in [1.54, 1.807) is 11.5 Å². The van der Waals surface area contributed by atoms with Crippen LogP contribution in [-0.4, -0.2) is 13.7 Å². The molecule has 0 fully saturated rings. The molecule has 0 saturated carbocycles. The van der Waals surface area contributed by atoms with Crippen molar-refractivity contribution in [3.8, 4) is 5.75 Å². The zero-order valence-corrected chi connectivity index (χ0v) is 8.08. The molecule has 0 saturated heterocycles. The SMILES string of the molecule is COc1ccc2c(c1)C=CCN2Cl. The van der Waals surface area contributed by atoms with Crippen molar-refractivity contribution in [3.05, 3.63) is 29.8 Å². The van der Waals surface area contributed by atoms with Crippen molar-refractivity contribution >= 4 is 23.5 Å². The highest BCUT2D eigenvalue weighted by molar-refractivity contribution is 6.26. The lowest BCUT2D eigenvalue weighted by atomic mass is 10.1. The molecule has 68 valence electrons. The molecule has 13 heavy (non-hydrogen) atoms. The molecule has 2 nitrogen and oxygen atoms in total. The Labute approximate surface area is 82.5 Å². The third kappa shape index (κ3) is 1.49. The van der Waals surface area contributed by atoms with Crippen LogP contribution in [0.4, 0.5) is 5.69 Å². The standard InChI is InChI=1S/C10H10ClNO/c1-13-9-4-5-10-8(7-9)3-2-6-12(10)11/h2-5,7H,6H2,1H3. The molecule has 1 aliphatic heterocycles. The second-order valence-electron chi connectivity index (χ2n) is 2.87. The number of halogens is 1. The molecule has 2 rings (SSSR count). The monoisotopic (exact) mass is 195 g/mol. The molecule has 0 radical (unpaired) electrons. The van der Waals surface area contributed by atoms with Crippen molar-refractivity contribution in [1.29, 1.82) is 0 Å². The van der Waals surface area contributed by atoms with Crippen LogP contribution in [-0.2, 0) is 0 Å². The Morgan fingerprint density at radius 2 is 2.31 bits per heavy atom. The Morgan fingerprint density at radius 1 is 1.46 bits per heavy atom. The van der Waals surface area contributed by atoms with E-state index in [2.05, 4.69) is 6.08 Å². The number of hydrogen-bond acceptors (Lipinski definition) is 2. The van der Waals surface area contributed by atoms with Crippen molar-refractivity contribution in [3.63, 3.8) is 0 Å². The fourth-order valence-electron chi connectivity index (χ4n) is 1.38. The molecule has 0 N–H and O–H groups in total. The van der Waals surface area contributed by atoms with Crippen LogP contribution < -0.4 is 9.16 Å². The summed E-state index contributed by atoms with van der Waals surface area (Å²) in [6.45, 7) is 0.751. The lowest BCUT2D eigenvalue weighted by Gasteiger charge is -2.20. The minimum Gasteiger partial charge on any atom is -0.497 e. The van der Waals surface area contributed by atoms with E-state index in [0.29, 0.717) is 0 Å². The molecular formula is C10H10ClNO. The molecule has 0 bridgehead atoms. The number of rotatable bonds is 1. The molecule has 0 atom stereocenters. The van der Waals surface area contributed by atoms with Crippen LogP contribution in [0, 0.1) is 0 Å². The van der Waals surface area contributed by atoms with E-state index in [0.717, 1.165) is 23.5 Å². The van der Waals surface area contributed by atoms with Crippen LogP contribution in [0.25, 0.3) is 6.08 Å². The van der Waals surface area contributed by atoms with Crippen LogP contribution >= 0.6 is 11.8 Å². The van der Waals surface area contributed by atoms with Gasteiger partial charge in [-0.1, -0.05) is 12.2 Å². The van der Waals surface area contributed by atoms with Gasteiger partial charge in [-0.3, -0.25) is 4.42 Å². The molecule has 0 unspecified atom stereocenters. The highest BCUT2D eigenvalue weighted by Gasteiger charge is 2.10. The lowest BCUT2D eigenvalue weighted by molar-refractivity contribution is 0.414. The summed E-state index contributed by atoms with van der Waals surface area (Å²) in [6.07, 6.45) is 4.07. The highest BCUT2D eigenvalue weighted by Crippen LogP contribution is 2.30. The summed E-state index contributed by atoms with van der Waals surface area (Å²) in [4.78, 5) is 0. The predicted octanol–water partition coefficient (Wildman–Crippen LogP) is 2.68. The van der Waals surface area contributed by atoms with Gasteiger partial charge in [0.2, 0.25) is 0 Å². The van der Waals surface area contributed by atoms with E-state index in [1.165, 1.54) is 0 Å². The first-order chi connectivity index (χ1) is 6.31. The van der Waals surface area contributed by atoms with Gasteiger partial charge < -0.3 is 4.74 Å². The Kier molecular flexibility index (Phi) is 2.15. The number of nitrogens with zero attached hydrogens (tertiary/aromatic N) is 1. The van der Waals surface area contributed by atoms with Crippen molar-refractivity contribution in [2.45, 2.75) is 0 Å². The second-order valence-corrected chi connectivity index (χ2v) is 3.28. The van der Waals surface area contributed by atoms with Crippen molar-refractivity contribution in [2.24, 2.45) is 0 Å². The van der Waals surface area contributed by atoms with Crippen molar-refractivity contribution in [2.75, 3.05) is 18.1 Å². The van der Waals surface area contributed by atoms with E-state index in [4.69, 9.17) is 16.5 Å². The summed E-state index contributed by atoms with van der Waals surface area (Å²) in [5.74, 6) is 0.857. The summed E-state index contributed by atoms with van der Waals surface area (Å²) in [7, 11) is 1.66. The van der Waals surface area contributed by atoms with Gasteiger partial charge in [0.15, 0.2) is 0 Å². The molecule has 0 spiro atoms. The summed E-state index contributed by atoms with van der Waals surface area (Å²) in [6, 6.07) is 5.85. The number of anilines is 1. The van der Waals surface area contributed by atoms with E-state index >= 15 is 0 Å². The van der Waals surface area contributed by atoms with Gasteiger partial charge in [-0.25, -0.2) is 0 Å². The first-order valence-electron chi connectivity index (χ1n) is 4.09. The number of hydrogen-bond donors (Lipinski definition) is 0. The summed E-state index contributed by atoms with van der Waals surface area (Å²) >= 11 is 5.98. The maximum atomic E-state index is 5.98. The van der Waals surface area contributed by atoms with Crippen LogP contribution in [0.5, 0.6) is 5.75 Å². The molecule has 1 aliphatic rings. The van der Waals surface area contributed by atoms with Crippen LogP contribution in [0.1, 0.15) is 5.56 Å². The van der Waals surface area contributed by atoms with Gasteiger partial charge in [0.25, 0.3) is 0 Å². The van der Waals surface area contributed by atoms with E-state index in [9.17, 15) is 0 Å². The quantitative estimate of drug-likeness (QED) is 0.639. The molecular weight excluding hydrogens is 186 g/mol. The van der Waals surface area contributed by atoms with E-state index in [1.807, 2.05) is 24.3 Å². The highest BCUT2D eigenvalue weighted by atomic mass is 35.5. The minimum absolute atomic E-state index is 0.751. The van der Waals surface area contributed by atoms with Gasteiger partial charge in [0.05, 0.1) is 19.3 Å². The van der Waals surface area contributed by atoms with Gasteiger partial charge in [-0.15, -0.1) is 0 Å². The normalized spacial score (nSPS) is 14.2.